The van der Waals surface area contributed by atoms with Crippen LogP contribution in [0.2, 0.25) is 0 Å². The number of para-hydroxylation sites is 1. The van der Waals surface area contributed by atoms with Gasteiger partial charge < -0.3 is 10.1 Å². The number of aliphatic carboxylic acids is 1. The third-order valence-electron chi connectivity index (χ3n) is 3.91. The first-order valence-corrected chi connectivity index (χ1v) is 7.97. The maximum atomic E-state index is 11.3. The standard InChI is InChI=1S/C17H17NO2S/c1-2-11-4-3-5-13-15(9-18-17(11)13)14(8-16(19)20)12-6-7-21-10-12/h3-7,9-10,14,18H,2,8H2,1H3,(H,19,20). The second-order valence-corrected chi connectivity index (χ2v) is 5.92. The summed E-state index contributed by atoms with van der Waals surface area (Å²) in [4.78, 5) is 14.6. The van der Waals surface area contributed by atoms with Crippen LogP contribution in [0.25, 0.3) is 10.9 Å². The number of hydrogen-bond acceptors (Lipinski definition) is 2. The third-order valence-corrected chi connectivity index (χ3v) is 4.62. The highest BCUT2D eigenvalue weighted by molar-refractivity contribution is 7.08. The molecule has 3 aromatic rings. The highest BCUT2D eigenvalue weighted by Crippen LogP contribution is 2.35. The van der Waals surface area contributed by atoms with Crippen LogP contribution in [0.4, 0.5) is 0 Å². The molecule has 0 fully saturated rings. The number of nitrogens with one attached hydrogen (secondary N) is 1. The number of carbonyl (C=O) groups is 1. The summed E-state index contributed by atoms with van der Waals surface area (Å²) in [5.74, 6) is -0.873. The molecular formula is C17H17NO2S. The predicted molar refractivity (Wildman–Crippen MR) is 86.1 cm³/mol. The van der Waals surface area contributed by atoms with Crippen LogP contribution in [-0.4, -0.2) is 16.1 Å². The largest absolute Gasteiger partial charge is 0.481 e. The van der Waals surface area contributed by atoms with Gasteiger partial charge in [0.2, 0.25) is 0 Å². The molecule has 0 amide bonds. The number of aromatic amines is 1. The van der Waals surface area contributed by atoms with Crippen molar-refractivity contribution in [2.45, 2.75) is 25.7 Å². The van der Waals surface area contributed by atoms with Crippen LogP contribution < -0.4 is 0 Å². The van der Waals surface area contributed by atoms with E-state index in [0.29, 0.717) is 0 Å². The molecule has 3 rings (SSSR count). The summed E-state index contributed by atoms with van der Waals surface area (Å²) >= 11 is 1.60. The van der Waals surface area contributed by atoms with E-state index in [1.165, 1.54) is 5.56 Å². The van der Waals surface area contributed by atoms with Crippen LogP contribution in [0.5, 0.6) is 0 Å². The van der Waals surface area contributed by atoms with E-state index in [2.05, 4.69) is 24.0 Å². The van der Waals surface area contributed by atoms with Gasteiger partial charge in [-0.3, -0.25) is 4.79 Å². The Kier molecular flexibility index (Phi) is 3.80. The zero-order valence-electron chi connectivity index (χ0n) is 11.8. The van der Waals surface area contributed by atoms with Gasteiger partial charge in [0.15, 0.2) is 0 Å². The van der Waals surface area contributed by atoms with Gasteiger partial charge in [-0.15, -0.1) is 0 Å². The van der Waals surface area contributed by atoms with E-state index < -0.39 is 5.97 Å². The van der Waals surface area contributed by atoms with Crippen molar-refractivity contribution in [1.82, 2.24) is 4.98 Å². The number of hydrogen-bond donors (Lipinski definition) is 2. The van der Waals surface area contributed by atoms with Gasteiger partial charge in [-0.2, -0.15) is 11.3 Å². The SMILES string of the molecule is CCc1cccc2c(C(CC(=O)O)c3ccsc3)c[nH]c12. The molecule has 0 aliphatic carbocycles. The third kappa shape index (κ3) is 2.59. The lowest BCUT2D eigenvalue weighted by Crippen LogP contribution is -2.06. The van der Waals surface area contributed by atoms with Crippen molar-refractivity contribution in [1.29, 1.82) is 0 Å². The monoisotopic (exact) mass is 299 g/mol. The van der Waals surface area contributed by atoms with Gasteiger partial charge in [0.05, 0.1) is 6.42 Å². The number of carboxylic acids is 1. The molecule has 4 heteroatoms. The molecule has 108 valence electrons. The molecule has 0 saturated heterocycles. The van der Waals surface area contributed by atoms with Gasteiger partial charge in [-0.1, -0.05) is 25.1 Å². The van der Waals surface area contributed by atoms with Crippen LogP contribution in [0, 0.1) is 0 Å². The zero-order valence-corrected chi connectivity index (χ0v) is 12.6. The lowest BCUT2D eigenvalue weighted by Gasteiger charge is -2.13. The molecule has 0 bridgehead atoms. The second-order valence-electron chi connectivity index (χ2n) is 5.14. The minimum Gasteiger partial charge on any atom is -0.481 e. The average molecular weight is 299 g/mol. The second kappa shape index (κ2) is 5.74. The molecule has 3 nitrogen and oxygen atoms in total. The highest BCUT2D eigenvalue weighted by atomic mass is 32.1. The number of thiophene rings is 1. The van der Waals surface area contributed by atoms with E-state index >= 15 is 0 Å². The quantitative estimate of drug-likeness (QED) is 0.733. The van der Waals surface area contributed by atoms with E-state index in [4.69, 9.17) is 0 Å². The number of benzene rings is 1. The molecule has 2 heterocycles. The molecule has 1 atom stereocenters. The summed E-state index contributed by atoms with van der Waals surface area (Å²) in [7, 11) is 0. The molecule has 1 unspecified atom stereocenters. The van der Waals surface area contributed by atoms with Crippen LogP contribution in [0.3, 0.4) is 0 Å². The van der Waals surface area contributed by atoms with Gasteiger partial charge in [0.25, 0.3) is 0 Å². The Morgan fingerprint density at radius 1 is 1.38 bits per heavy atom. The Morgan fingerprint density at radius 2 is 2.24 bits per heavy atom. The molecule has 0 aliphatic heterocycles. The van der Waals surface area contributed by atoms with E-state index in [1.54, 1.807) is 11.3 Å². The lowest BCUT2D eigenvalue weighted by atomic mass is 9.89. The Balaban J connectivity index is 2.14. The van der Waals surface area contributed by atoms with Gasteiger partial charge >= 0.3 is 5.97 Å². The van der Waals surface area contributed by atoms with Crippen molar-refractivity contribution in [3.63, 3.8) is 0 Å². The van der Waals surface area contributed by atoms with Crippen molar-refractivity contribution in [2.75, 3.05) is 0 Å². The lowest BCUT2D eigenvalue weighted by molar-refractivity contribution is -0.137. The maximum absolute atomic E-state index is 11.3. The molecular weight excluding hydrogens is 282 g/mol. The summed E-state index contributed by atoms with van der Waals surface area (Å²) < 4.78 is 0. The van der Waals surface area contributed by atoms with Crippen LogP contribution in [-0.2, 0) is 11.2 Å². The van der Waals surface area contributed by atoms with Crippen LogP contribution >= 0.6 is 11.3 Å². The molecule has 1 aromatic carbocycles. The number of fused-ring (bicyclic) bond motifs is 1. The summed E-state index contributed by atoms with van der Waals surface area (Å²) in [5, 5.41) is 14.4. The first kappa shape index (κ1) is 13.9. The fourth-order valence-electron chi connectivity index (χ4n) is 2.88. The molecule has 0 spiro atoms. The van der Waals surface area contributed by atoms with Crippen molar-refractivity contribution >= 4 is 28.2 Å². The van der Waals surface area contributed by atoms with Gasteiger partial charge in [-0.05, 0) is 39.9 Å². The molecule has 0 aliphatic rings. The number of carboxylic acid groups (broad SMARTS) is 1. The minimum atomic E-state index is -0.771. The Morgan fingerprint density at radius 3 is 2.90 bits per heavy atom. The molecule has 21 heavy (non-hydrogen) atoms. The van der Waals surface area contributed by atoms with Crippen molar-refractivity contribution in [3.05, 3.63) is 57.9 Å². The number of aryl methyl sites for hydroxylation is 1. The van der Waals surface area contributed by atoms with Crippen molar-refractivity contribution < 1.29 is 9.90 Å². The normalized spacial score (nSPS) is 12.6. The fraction of sp³-hybridized carbons (Fsp3) is 0.235. The molecule has 0 radical (unpaired) electrons. The van der Waals surface area contributed by atoms with E-state index in [-0.39, 0.29) is 12.3 Å². The summed E-state index contributed by atoms with van der Waals surface area (Å²) in [6.07, 6.45) is 3.04. The van der Waals surface area contributed by atoms with Gasteiger partial charge in [0, 0.05) is 23.0 Å². The minimum absolute atomic E-state index is 0.102. The predicted octanol–water partition coefficient (Wildman–Crippen LogP) is 4.40. The topological polar surface area (TPSA) is 53.1 Å². The number of aromatic nitrogens is 1. The maximum Gasteiger partial charge on any atom is 0.304 e. The number of H-pyrrole nitrogens is 1. The zero-order chi connectivity index (χ0) is 14.8. The first-order valence-electron chi connectivity index (χ1n) is 7.03. The molecule has 2 N–H and O–H groups in total. The van der Waals surface area contributed by atoms with Crippen LogP contribution in [0.15, 0.2) is 41.2 Å². The summed E-state index contributed by atoms with van der Waals surface area (Å²) in [6.45, 7) is 2.13. The summed E-state index contributed by atoms with van der Waals surface area (Å²) in [5.41, 5.74) is 4.53. The van der Waals surface area contributed by atoms with E-state index in [1.807, 2.05) is 29.1 Å². The van der Waals surface area contributed by atoms with Gasteiger partial charge in [0.1, 0.15) is 0 Å². The first-order chi connectivity index (χ1) is 10.2. The van der Waals surface area contributed by atoms with Crippen molar-refractivity contribution in [3.8, 4) is 0 Å². The summed E-state index contributed by atoms with van der Waals surface area (Å²) in [6, 6.07) is 8.24. The fourth-order valence-corrected chi connectivity index (χ4v) is 3.59. The Labute approximate surface area is 127 Å². The van der Waals surface area contributed by atoms with Gasteiger partial charge in [-0.25, -0.2) is 0 Å². The van der Waals surface area contributed by atoms with Crippen LogP contribution in [0.1, 0.15) is 36.0 Å². The van der Waals surface area contributed by atoms with Crippen molar-refractivity contribution in [2.24, 2.45) is 0 Å². The highest BCUT2D eigenvalue weighted by Gasteiger charge is 2.21. The van der Waals surface area contributed by atoms with E-state index in [9.17, 15) is 9.90 Å². The Bertz CT molecular complexity index is 758. The molecule has 0 saturated carbocycles. The molecule has 2 aromatic heterocycles. The Hall–Kier alpha value is -2.07. The van der Waals surface area contributed by atoms with E-state index in [0.717, 1.165) is 28.5 Å². The average Bonchev–Trinajstić information content (AvgIpc) is 3.13. The smallest absolute Gasteiger partial charge is 0.304 e. The number of rotatable bonds is 5.